The van der Waals surface area contributed by atoms with Crippen LogP contribution < -0.4 is 10.2 Å². The van der Waals surface area contributed by atoms with Crippen molar-refractivity contribution in [3.05, 3.63) is 59.8 Å². The highest BCUT2D eigenvalue weighted by Crippen LogP contribution is 2.25. The van der Waals surface area contributed by atoms with Crippen molar-refractivity contribution in [2.75, 3.05) is 38.2 Å². The minimum absolute atomic E-state index is 0.184. The van der Waals surface area contributed by atoms with Crippen LogP contribution in [0.2, 0.25) is 0 Å². The second kappa shape index (κ2) is 11.3. The molecule has 1 amide bonds. The number of nitrogens with one attached hydrogen (secondary N) is 1. The van der Waals surface area contributed by atoms with Crippen molar-refractivity contribution in [1.29, 1.82) is 0 Å². The van der Waals surface area contributed by atoms with Crippen molar-refractivity contribution >= 4 is 17.7 Å². The highest BCUT2D eigenvalue weighted by molar-refractivity contribution is 5.89. The Kier molecular flexibility index (Phi) is 7.94. The molecule has 3 heterocycles. The topological polar surface area (TPSA) is 74.8 Å². The zero-order chi connectivity index (χ0) is 23.0. The van der Waals surface area contributed by atoms with Gasteiger partial charge >= 0.3 is 5.97 Å². The van der Waals surface area contributed by atoms with Gasteiger partial charge in [-0.3, -0.25) is 9.69 Å². The third-order valence-electron chi connectivity index (χ3n) is 6.77. The van der Waals surface area contributed by atoms with Crippen LogP contribution in [0.3, 0.4) is 0 Å². The first kappa shape index (κ1) is 23.2. The van der Waals surface area contributed by atoms with Gasteiger partial charge in [0.25, 0.3) is 0 Å². The molecule has 0 aliphatic carbocycles. The lowest BCUT2D eigenvalue weighted by molar-refractivity contribution is -0.122. The minimum Gasteiger partial charge on any atom is -0.465 e. The maximum atomic E-state index is 12.5. The summed E-state index contributed by atoms with van der Waals surface area (Å²) in [7, 11) is 1.37. The third-order valence-corrected chi connectivity index (χ3v) is 6.77. The Morgan fingerprint density at radius 1 is 1.06 bits per heavy atom. The number of likely N-dealkylation sites (tertiary alicyclic amines) is 1. The van der Waals surface area contributed by atoms with Crippen molar-refractivity contribution in [2.24, 2.45) is 5.92 Å². The van der Waals surface area contributed by atoms with E-state index < -0.39 is 0 Å². The largest absolute Gasteiger partial charge is 0.465 e. The molecule has 2 fully saturated rings. The van der Waals surface area contributed by atoms with Crippen molar-refractivity contribution in [1.82, 2.24) is 15.2 Å². The first-order valence-electron chi connectivity index (χ1n) is 12.0. The lowest BCUT2D eigenvalue weighted by Gasteiger charge is -2.32. The van der Waals surface area contributed by atoms with Crippen molar-refractivity contribution in [3.63, 3.8) is 0 Å². The molecule has 2 aliphatic heterocycles. The summed E-state index contributed by atoms with van der Waals surface area (Å²) in [6.45, 7) is 4.77. The molecule has 0 spiro atoms. The van der Waals surface area contributed by atoms with Gasteiger partial charge in [-0.15, -0.1) is 0 Å². The van der Waals surface area contributed by atoms with E-state index in [0.29, 0.717) is 17.9 Å². The number of aromatic nitrogens is 1. The smallest absolute Gasteiger partial charge is 0.339 e. The molecule has 0 radical (unpaired) electrons. The summed E-state index contributed by atoms with van der Waals surface area (Å²) < 4.78 is 4.73. The summed E-state index contributed by atoms with van der Waals surface area (Å²) in [5.74, 6) is 1.27. The van der Waals surface area contributed by atoms with Gasteiger partial charge in [0.1, 0.15) is 5.82 Å². The Balaban J connectivity index is 1.14. The van der Waals surface area contributed by atoms with E-state index in [2.05, 4.69) is 44.4 Å². The first-order valence-corrected chi connectivity index (χ1v) is 12.0. The van der Waals surface area contributed by atoms with E-state index in [-0.39, 0.29) is 17.9 Å². The number of nitrogens with zero attached hydrogens (tertiary/aromatic N) is 3. The molecule has 2 aliphatic rings. The highest BCUT2D eigenvalue weighted by Gasteiger charge is 2.25. The van der Waals surface area contributed by atoms with E-state index in [1.807, 2.05) is 12.1 Å². The van der Waals surface area contributed by atoms with Gasteiger partial charge in [-0.2, -0.15) is 0 Å². The summed E-state index contributed by atoms with van der Waals surface area (Å²) in [4.78, 5) is 33.2. The molecule has 2 aromatic rings. The average molecular weight is 451 g/mol. The number of benzene rings is 1. The van der Waals surface area contributed by atoms with Crippen LogP contribution in [-0.4, -0.2) is 61.1 Å². The molecule has 1 atom stereocenters. The summed E-state index contributed by atoms with van der Waals surface area (Å²) in [5.41, 5.74) is 1.79. The minimum atomic E-state index is -0.368. The lowest BCUT2D eigenvalue weighted by atomic mass is 9.92. The van der Waals surface area contributed by atoms with Gasteiger partial charge in [-0.1, -0.05) is 30.3 Å². The monoisotopic (exact) mass is 450 g/mol. The Hall–Kier alpha value is -2.93. The number of anilines is 1. The van der Waals surface area contributed by atoms with Crippen molar-refractivity contribution < 1.29 is 14.3 Å². The highest BCUT2D eigenvalue weighted by atomic mass is 16.5. The molecule has 2 saturated heterocycles. The van der Waals surface area contributed by atoms with E-state index in [1.54, 1.807) is 12.3 Å². The van der Waals surface area contributed by atoms with E-state index in [4.69, 9.17) is 4.74 Å². The maximum Gasteiger partial charge on any atom is 0.339 e. The fourth-order valence-electron chi connectivity index (χ4n) is 4.83. The Bertz CT molecular complexity index is 911. The van der Waals surface area contributed by atoms with Gasteiger partial charge in [0.2, 0.25) is 5.91 Å². The molecule has 1 N–H and O–H groups in total. The molecule has 176 valence electrons. The number of rotatable bonds is 8. The Morgan fingerprint density at radius 3 is 2.55 bits per heavy atom. The molecule has 7 nitrogen and oxygen atoms in total. The van der Waals surface area contributed by atoms with Crippen LogP contribution in [0.15, 0.2) is 48.7 Å². The normalized spacial score (nSPS) is 19.4. The van der Waals surface area contributed by atoms with Crippen LogP contribution in [0.4, 0.5) is 5.82 Å². The number of amides is 1. The van der Waals surface area contributed by atoms with E-state index >= 15 is 0 Å². The maximum absolute atomic E-state index is 12.5. The van der Waals surface area contributed by atoms with Gasteiger partial charge in [0, 0.05) is 51.4 Å². The number of piperidine rings is 1. The van der Waals surface area contributed by atoms with E-state index in [0.717, 1.165) is 64.2 Å². The van der Waals surface area contributed by atoms with Gasteiger partial charge in [-0.25, -0.2) is 9.78 Å². The van der Waals surface area contributed by atoms with Crippen molar-refractivity contribution in [2.45, 2.75) is 44.7 Å². The van der Waals surface area contributed by atoms with Gasteiger partial charge < -0.3 is 15.0 Å². The van der Waals surface area contributed by atoms with Crippen LogP contribution in [-0.2, 0) is 16.1 Å². The molecule has 1 aromatic heterocycles. The fraction of sp³-hybridized carbons (Fsp3) is 0.500. The van der Waals surface area contributed by atoms with Crippen LogP contribution in [0, 0.1) is 5.92 Å². The summed E-state index contributed by atoms with van der Waals surface area (Å²) in [6.07, 6.45) is 6.26. The summed E-state index contributed by atoms with van der Waals surface area (Å²) in [6, 6.07) is 14.4. The molecular weight excluding hydrogens is 416 g/mol. The predicted octanol–water partition coefficient (Wildman–Crippen LogP) is 3.26. The standard InChI is InChI=1S/C26H34N4O3/c1-33-26(32)22-8-9-24(27-17-22)30-15-11-20(12-16-30)7-10-25(31)28-23-13-14-29(19-23)18-21-5-3-2-4-6-21/h2-6,8-9,17,20,23H,7,10-16,18-19H2,1H3,(H,28,31)/t23-/m0/s1. The van der Waals surface area contributed by atoms with Crippen LogP contribution >= 0.6 is 0 Å². The number of pyridine rings is 1. The van der Waals surface area contributed by atoms with Crippen molar-refractivity contribution in [3.8, 4) is 0 Å². The molecular formula is C26H34N4O3. The van der Waals surface area contributed by atoms with E-state index in [9.17, 15) is 9.59 Å². The molecule has 0 saturated carbocycles. The number of carbonyl (C=O) groups is 2. The fourth-order valence-corrected chi connectivity index (χ4v) is 4.83. The second-order valence-electron chi connectivity index (χ2n) is 9.14. The van der Waals surface area contributed by atoms with Gasteiger partial charge in [0.05, 0.1) is 12.7 Å². The van der Waals surface area contributed by atoms with Gasteiger partial charge in [-0.05, 0) is 49.3 Å². The van der Waals surface area contributed by atoms with E-state index in [1.165, 1.54) is 12.7 Å². The van der Waals surface area contributed by atoms with Crippen LogP contribution in [0.25, 0.3) is 0 Å². The zero-order valence-corrected chi connectivity index (χ0v) is 19.4. The number of hydrogen-bond donors (Lipinski definition) is 1. The lowest BCUT2D eigenvalue weighted by Crippen LogP contribution is -2.38. The van der Waals surface area contributed by atoms with Crippen LogP contribution in [0.5, 0.6) is 0 Å². The number of hydrogen-bond acceptors (Lipinski definition) is 6. The molecule has 0 bridgehead atoms. The molecule has 33 heavy (non-hydrogen) atoms. The quantitative estimate of drug-likeness (QED) is 0.623. The molecule has 1 aromatic carbocycles. The predicted molar refractivity (Wildman–Crippen MR) is 128 cm³/mol. The SMILES string of the molecule is COC(=O)c1ccc(N2CCC(CCC(=O)N[C@H]3CCN(Cc4ccccc4)C3)CC2)nc1. The molecule has 4 rings (SSSR count). The molecule has 7 heteroatoms. The zero-order valence-electron chi connectivity index (χ0n) is 19.4. The summed E-state index contributed by atoms with van der Waals surface area (Å²) >= 11 is 0. The molecule has 0 unspecified atom stereocenters. The average Bonchev–Trinajstić information content (AvgIpc) is 3.29. The number of carbonyl (C=O) groups excluding carboxylic acids is 2. The van der Waals surface area contributed by atoms with Crippen LogP contribution in [0.1, 0.15) is 48.0 Å². The first-order chi connectivity index (χ1) is 16.1. The second-order valence-corrected chi connectivity index (χ2v) is 9.14. The number of ether oxygens (including phenoxy) is 1. The number of methoxy groups -OCH3 is 1. The Labute approximate surface area is 196 Å². The number of esters is 1. The van der Waals surface area contributed by atoms with Gasteiger partial charge in [0.15, 0.2) is 0 Å². The third kappa shape index (κ3) is 6.54. The Morgan fingerprint density at radius 2 is 1.85 bits per heavy atom. The summed E-state index contributed by atoms with van der Waals surface area (Å²) in [5, 5.41) is 3.25.